The third-order valence-electron chi connectivity index (χ3n) is 4.11. The Morgan fingerprint density at radius 3 is 2.60 bits per heavy atom. The molecule has 25 heavy (non-hydrogen) atoms. The second-order valence-electron chi connectivity index (χ2n) is 6.42. The highest BCUT2D eigenvalue weighted by Crippen LogP contribution is 2.21. The molecule has 0 radical (unpaired) electrons. The third kappa shape index (κ3) is 6.95. The largest absolute Gasteiger partial charge is 0.494 e. The summed E-state index contributed by atoms with van der Waals surface area (Å²) in [6, 6.07) is 7.15. The summed E-state index contributed by atoms with van der Waals surface area (Å²) in [5.41, 5.74) is 4.30. The van der Waals surface area contributed by atoms with E-state index in [0.29, 0.717) is 18.2 Å². The van der Waals surface area contributed by atoms with Gasteiger partial charge in [-0.2, -0.15) is 5.10 Å². The smallest absolute Gasteiger partial charge is 0.240 e. The van der Waals surface area contributed by atoms with Gasteiger partial charge in [0.1, 0.15) is 5.75 Å². The number of nitrogens with zero attached hydrogens (tertiary/aromatic N) is 1. The first-order valence-corrected chi connectivity index (χ1v) is 8.93. The molecule has 6 nitrogen and oxygen atoms in total. The van der Waals surface area contributed by atoms with Crippen molar-refractivity contribution < 1.29 is 14.3 Å². The molecule has 1 fully saturated rings. The summed E-state index contributed by atoms with van der Waals surface area (Å²) in [5, 5.41) is 6.96. The average molecular weight is 345 g/mol. The molecule has 0 spiro atoms. The van der Waals surface area contributed by atoms with Crippen LogP contribution in [0, 0.1) is 5.92 Å². The Kier molecular flexibility index (Phi) is 7.44. The van der Waals surface area contributed by atoms with Gasteiger partial charge in [0.15, 0.2) is 0 Å². The summed E-state index contributed by atoms with van der Waals surface area (Å²) in [5.74, 6) is 0.964. The molecule has 0 heterocycles. The Morgan fingerprint density at radius 2 is 1.92 bits per heavy atom. The Hall–Kier alpha value is -2.37. The lowest BCUT2D eigenvalue weighted by atomic mass is 9.89. The minimum Gasteiger partial charge on any atom is -0.494 e. The zero-order valence-electron chi connectivity index (χ0n) is 15.0. The van der Waals surface area contributed by atoms with Crippen LogP contribution in [0.4, 0.5) is 5.69 Å². The van der Waals surface area contributed by atoms with Gasteiger partial charge in [0.2, 0.25) is 11.8 Å². The van der Waals surface area contributed by atoms with E-state index in [9.17, 15) is 9.59 Å². The fraction of sp³-hybridized carbons (Fsp3) is 0.526. The van der Waals surface area contributed by atoms with Crippen LogP contribution >= 0.6 is 0 Å². The molecule has 2 N–H and O–H groups in total. The van der Waals surface area contributed by atoms with Crippen LogP contribution in [0.25, 0.3) is 0 Å². The molecule has 1 aromatic carbocycles. The van der Waals surface area contributed by atoms with Gasteiger partial charge < -0.3 is 10.1 Å². The molecule has 136 valence electrons. The van der Waals surface area contributed by atoms with Crippen LogP contribution in [0.1, 0.15) is 52.4 Å². The number of rotatable bonds is 7. The molecule has 2 rings (SSSR count). The first kappa shape index (κ1) is 19.0. The molecular weight excluding hydrogens is 318 g/mol. The number of nitrogens with one attached hydrogen (secondary N) is 2. The van der Waals surface area contributed by atoms with Crippen molar-refractivity contribution in [2.24, 2.45) is 11.0 Å². The van der Waals surface area contributed by atoms with E-state index in [1.807, 2.05) is 6.92 Å². The highest BCUT2D eigenvalue weighted by Gasteiger charge is 2.14. The van der Waals surface area contributed by atoms with Crippen molar-refractivity contribution in [3.63, 3.8) is 0 Å². The molecule has 1 saturated carbocycles. The Morgan fingerprint density at radius 1 is 1.20 bits per heavy atom. The van der Waals surface area contributed by atoms with E-state index < -0.39 is 0 Å². The highest BCUT2D eigenvalue weighted by atomic mass is 16.5. The fourth-order valence-corrected chi connectivity index (χ4v) is 2.81. The van der Waals surface area contributed by atoms with Gasteiger partial charge in [0, 0.05) is 24.2 Å². The van der Waals surface area contributed by atoms with Gasteiger partial charge in [0.25, 0.3) is 0 Å². The lowest BCUT2D eigenvalue weighted by Crippen LogP contribution is -2.23. The van der Waals surface area contributed by atoms with Crippen LogP contribution in [0.2, 0.25) is 0 Å². The van der Waals surface area contributed by atoms with Gasteiger partial charge in [-0.05, 0) is 62.8 Å². The second-order valence-corrected chi connectivity index (χ2v) is 6.42. The molecule has 1 aliphatic rings. The van der Waals surface area contributed by atoms with Crippen LogP contribution in [0.5, 0.6) is 5.75 Å². The second kappa shape index (κ2) is 9.81. The highest BCUT2D eigenvalue weighted by molar-refractivity contribution is 5.93. The van der Waals surface area contributed by atoms with Crippen molar-refractivity contribution in [1.29, 1.82) is 0 Å². The molecule has 0 bridgehead atoms. The first-order chi connectivity index (χ1) is 12.1. The minimum atomic E-state index is -0.229. The monoisotopic (exact) mass is 345 g/mol. The van der Waals surface area contributed by atoms with Crippen molar-refractivity contribution in [2.45, 2.75) is 52.4 Å². The summed E-state index contributed by atoms with van der Waals surface area (Å²) in [7, 11) is 0. The summed E-state index contributed by atoms with van der Waals surface area (Å²) in [4.78, 5) is 23.7. The molecule has 1 aliphatic carbocycles. The van der Waals surface area contributed by atoms with Crippen molar-refractivity contribution in [1.82, 2.24) is 5.43 Å². The number of hydrazone groups is 1. The van der Waals surface area contributed by atoms with Crippen LogP contribution in [0.3, 0.4) is 0 Å². The average Bonchev–Trinajstić information content (AvgIpc) is 2.60. The number of ether oxygens (including phenoxy) is 1. The number of carbonyl (C=O) groups excluding carboxylic acids is 2. The van der Waals surface area contributed by atoms with Crippen molar-refractivity contribution in [3.05, 3.63) is 24.3 Å². The molecular formula is C19H27N3O3. The quantitative estimate of drug-likeness (QED) is 0.742. The number of hydrogen-bond acceptors (Lipinski definition) is 4. The van der Waals surface area contributed by atoms with Gasteiger partial charge in [-0.25, -0.2) is 5.43 Å². The number of carbonyl (C=O) groups is 2. The number of amides is 2. The summed E-state index contributed by atoms with van der Waals surface area (Å²) in [6.07, 6.45) is 4.48. The van der Waals surface area contributed by atoms with Crippen LogP contribution < -0.4 is 15.5 Å². The molecule has 2 amide bonds. The van der Waals surface area contributed by atoms with E-state index in [1.54, 1.807) is 24.3 Å². The number of benzene rings is 1. The van der Waals surface area contributed by atoms with E-state index in [1.165, 1.54) is 6.42 Å². The maximum atomic E-state index is 11.9. The number of anilines is 1. The van der Waals surface area contributed by atoms with Crippen LogP contribution in [-0.2, 0) is 9.59 Å². The van der Waals surface area contributed by atoms with E-state index >= 15 is 0 Å². The normalized spacial score (nSPS) is 18.6. The van der Waals surface area contributed by atoms with Gasteiger partial charge in [0.05, 0.1) is 6.61 Å². The number of hydrogen-bond donors (Lipinski definition) is 2. The van der Waals surface area contributed by atoms with E-state index in [4.69, 9.17) is 4.74 Å². The van der Waals surface area contributed by atoms with Gasteiger partial charge in [-0.15, -0.1) is 0 Å². The first-order valence-electron chi connectivity index (χ1n) is 8.93. The topological polar surface area (TPSA) is 79.8 Å². The third-order valence-corrected chi connectivity index (χ3v) is 4.11. The van der Waals surface area contributed by atoms with Crippen molar-refractivity contribution in [2.75, 3.05) is 11.9 Å². The zero-order valence-corrected chi connectivity index (χ0v) is 15.0. The molecule has 0 aliphatic heterocycles. The summed E-state index contributed by atoms with van der Waals surface area (Å²) >= 11 is 0. The maximum absolute atomic E-state index is 11.9. The molecule has 0 saturated heterocycles. The standard InChI is InChI=1S/C19H27N3O3/c1-3-25-17-9-7-15(8-10-17)20-18(23)11-12-19(24)22-21-16-6-4-5-14(2)13-16/h7-10,14H,3-6,11-13H2,1-2H3,(H,20,23)(H,22,24). The molecule has 0 aromatic heterocycles. The maximum Gasteiger partial charge on any atom is 0.240 e. The Bertz CT molecular complexity index is 611. The minimum absolute atomic E-state index is 0.120. The summed E-state index contributed by atoms with van der Waals surface area (Å²) in [6.45, 7) is 4.71. The SMILES string of the molecule is CCOc1ccc(NC(=O)CCC(=O)NN=C2CCCC(C)C2)cc1. The molecule has 1 aromatic rings. The Balaban J connectivity index is 1.70. The predicted molar refractivity (Wildman–Crippen MR) is 98.7 cm³/mol. The van der Waals surface area contributed by atoms with Crippen molar-refractivity contribution >= 4 is 23.2 Å². The van der Waals surface area contributed by atoms with Gasteiger partial charge in [-0.1, -0.05) is 6.92 Å². The molecule has 1 atom stereocenters. The Labute approximate surface area is 149 Å². The van der Waals surface area contributed by atoms with Crippen LogP contribution in [0.15, 0.2) is 29.4 Å². The van der Waals surface area contributed by atoms with Gasteiger partial charge in [-0.3, -0.25) is 9.59 Å². The summed E-state index contributed by atoms with van der Waals surface area (Å²) < 4.78 is 5.35. The molecule has 1 unspecified atom stereocenters. The van der Waals surface area contributed by atoms with E-state index in [-0.39, 0.29) is 24.7 Å². The zero-order chi connectivity index (χ0) is 18.1. The van der Waals surface area contributed by atoms with E-state index in [0.717, 1.165) is 30.7 Å². The fourth-order valence-electron chi connectivity index (χ4n) is 2.81. The van der Waals surface area contributed by atoms with Crippen LogP contribution in [-0.4, -0.2) is 24.1 Å². The lowest BCUT2D eigenvalue weighted by molar-refractivity contribution is -0.124. The van der Waals surface area contributed by atoms with Gasteiger partial charge >= 0.3 is 0 Å². The lowest BCUT2D eigenvalue weighted by Gasteiger charge is -2.18. The van der Waals surface area contributed by atoms with Crippen molar-refractivity contribution in [3.8, 4) is 5.75 Å². The predicted octanol–water partition coefficient (Wildman–Crippen LogP) is 3.49. The van der Waals surface area contributed by atoms with E-state index in [2.05, 4.69) is 22.8 Å². The molecule has 6 heteroatoms.